The zero-order valence-corrected chi connectivity index (χ0v) is 24.0. The molecule has 3 heterocycles. The smallest absolute Gasteiger partial charge is 0.287 e. The number of carbonyl (C=O) groups excluding carboxylic acids is 1. The summed E-state index contributed by atoms with van der Waals surface area (Å²) in [6.45, 7) is 2.18. The molecule has 13 heteroatoms. The fraction of sp³-hybridized carbons (Fsp3) is 0.462. The van der Waals surface area contributed by atoms with Crippen LogP contribution >= 0.6 is 11.3 Å². The zero-order valence-electron chi connectivity index (χ0n) is 21.5. The van der Waals surface area contributed by atoms with Crippen LogP contribution in [0, 0.1) is 17.8 Å². The third-order valence-corrected chi connectivity index (χ3v) is 11.9. The van der Waals surface area contributed by atoms with Crippen molar-refractivity contribution in [2.75, 3.05) is 11.6 Å². The number of carbonyl (C=O) groups is 1. The van der Waals surface area contributed by atoms with E-state index in [2.05, 4.69) is 21.4 Å². The molecular formula is C26H30N4O6S3. The number of hydrogen-bond acceptors (Lipinski definition) is 8. The first-order valence-corrected chi connectivity index (χ1v) is 17.1. The lowest BCUT2D eigenvalue weighted by atomic mass is 9.52. The number of fused-ring (bicyclic) bond motifs is 3. The molecule has 2 aliphatic heterocycles. The standard InChI is InChI=1S/C26H30N4O6S3/c1-26-18-10-8-16(9-11-18)20(26)21(31)19(25(32)30(26)13-15-6-4-3-5-7-15)23-28-24-22(39(35,36)29-23)17(14-37-24)12-27-38(2,33)34/h3-7,14,16,18,20,27,31H,8-13H2,1-2H3,(H,28,29)/t16?,18?,20-,26-/m0/s1. The number of aliphatic hydroxyl groups excluding tert-OH is 1. The Kier molecular flexibility index (Phi) is 6.21. The van der Waals surface area contributed by atoms with Crippen molar-refractivity contribution in [3.05, 3.63) is 58.2 Å². The van der Waals surface area contributed by atoms with Gasteiger partial charge in [-0.3, -0.25) is 4.79 Å². The highest BCUT2D eigenvalue weighted by Crippen LogP contribution is 2.58. The Hall–Kier alpha value is -2.74. The molecule has 7 rings (SSSR count). The number of hydrogen-bond donors (Lipinski definition) is 3. The predicted octanol–water partition coefficient (Wildman–Crippen LogP) is 3.36. The van der Waals surface area contributed by atoms with E-state index < -0.39 is 31.5 Å². The molecule has 3 fully saturated rings. The predicted molar refractivity (Wildman–Crippen MR) is 148 cm³/mol. The number of nitrogens with one attached hydrogen (secondary N) is 2. The van der Waals surface area contributed by atoms with Crippen LogP contribution in [0.1, 0.15) is 43.7 Å². The van der Waals surface area contributed by atoms with E-state index in [0.29, 0.717) is 6.54 Å². The third-order valence-electron chi connectivity index (χ3n) is 8.75. The SMILES string of the molecule is C[C@]12C3CCC(CC3)[C@H]1C(O)=C(C1=NS(=O)(=O)c3c(CNS(C)(=O)=O)csc3N1)C(=O)N2Cc1ccccc1. The summed E-state index contributed by atoms with van der Waals surface area (Å²) < 4.78 is 56.1. The minimum Gasteiger partial charge on any atom is -0.511 e. The van der Waals surface area contributed by atoms with Crippen LogP contribution in [0.2, 0.25) is 0 Å². The minimum absolute atomic E-state index is 0.0957. The van der Waals surface area contributed by atoms with E-state index in [4.69, 9.17) is 0 Å². The first-order valence-electron chi connectivity index (χ1n) is 12.9. The van der Waals surface area contributed by atoms with Gasteiger partial charge in [-0.05, 0) is 55.4 Å². The average molecular weight is 591 g/mol. The Balaban J connectivity index is 1.44. The molecule has 2 aromatic rings. The van der Waals surface area contributed by atoms with Crippen molar-refractivity contribution in [3.8, 4) is 0 Å². The molecule has 2 bridgehead atoms. The van der Waals surface area contributed by atoms with Gasteiger partial charge in [0.05, 0.1) is 11.8 Å². The molecular weight excluding hydrogens is 561 g/mol. The van der Waals surface area contributed by atoms with Crippen molar-refractivity contribution in [1.82, 2.24) is 9.62 Å². The van der Waals surface area contributed by atoms with Gasteiger partial charge in [0.1, 0.15) is 21.2 Å². The summed E-state index contributed by atoms with van der Waals surface area (Å²) in [5, 5.41) is 16.5. The Morgan fingerprint density at radius 2 is 1.90 bits per heavy atom. The minimum atomic E-state index is -4.29. The summed E-state index contributed by atoms with van der Waals surface area (Å²) in [6, 6.07) is 9.65. The quantitative estimate of drug-likeness (QED) is 0.468. The van der Waals surface area contributed by atoms with E-state index in [9.17, 15) is 26.7 Å². The van der Waals surface area contributed by atoms with Crippen LogP contribution in [-0.4, -0.2) is 50.4 Å². The topological polar surface area (TPSA) is 145 Å². The van der Waals surface area contributed by atoms with Gasteiger partial charge in [-0.25, -0.2) is 13.1 Å². The normalized spacial score (nSPS) is 29.5. The molecule has 3 N–H and O–H groups in total. The van der Waals surface area contributed by atoms with Crippen molar-refractivity contribution >= 4 is 48.1 Å². The largest absolute Gasteiger partial charge is 0.511 e. The van der Waals surface area contributed by atoms with Crippen LogP contribution in [0.25, 0.3) is 0 Å². The summed E-state index contributed by atoms with van der Waals surface area (Å²) in [5.41, 5.74) is 0.489. The number of amidine groups is 1. The molecule has 0 spiro atoms. The summed E-state index contributed by atoms with van der Waals surface area (Å²) in [4.78, 5) is 15.9. The monoisotopic (exact) mass is 590 g/mol. The molecule has 0 saturated heterocycles. The van der Waals surface area contributed by atoms with Crippen molar-refractivity contribution < 1.29 is 26.7 Å². The van der Waals surface area contributed by atoms with Gasteiger partial charge in [0.25, 0.3) is 15.9 Å². The van der Waals surface area contributed by atoms with Gasteiger partial charge in [-0.1, -0.05) is 30.3 Å². The number of rotatable bonds is 6. The Bertz CT molecular complexity index is 1620. The second-order valence-corrected chi connectivity index (χ2v) is 15.3. The van der Waals surface area contributed by atoms with Crippen LogP contribution in [0.4, 0.5) is 5.00 Å². The highest BCUT2D eigenvalue weighted by atomic mass is 32.2. The van der Waals surface area contributed by atoms with E-state index in [1.54, 1.807) is 5.38 Å². The number of benzene rings is 1. The first kappa shape index (κ1) is 26.5. The molecule has 208 valence electrons. The molecule has 10 nitrogen and oxygen atoms in total. The van der Waals surface area contributed by atoms with Gasteiger partial charge in [-0.15, -0.1) is 15.7 Å². The molecule has 2 atom stereocenters. The summed E-state index contributed by atoms with van der Waals surface area (Å²) in [5.74, 6) is -0.676. The van der Waals surface area contributed by atoms with Gasteiger partial charge >= 0.3 is 0 Å². The molecule has 0 unspecified atom stereocenters. The van der Waals surface area contributed by atoms with Crippen molar-refractivity contribution in [1.29, 1.82) is 0 Å². The van der Waals surface area contributed by atoms with Crippen molar-refractivity contribution in [2.45, 2.75) is 56.1 Å². The molecule has 1 aromatic heterocycles. The Morgan fingerprint density at radius 3 is 2.56 bits per heavy atom. The molecule has 3 saturated carbocycles. The lowest BCUT2D eigenvalue weighted by Gasteiger charge is -2.61. The molecule has 1 aromatic carbocycles. The maximum absolute atomic E-state index is 14.2. The summed E-state index contributed by atoms with van der Waals surface area (Å²) in [6.07, 6.45) is 4.84. The third kappa shape index (κ3) is 4.30. The number of aliphatic hydroxyl groups is 1. The second kappa shape index (κ2) is 9.15. The Labute approximate surface area is 231 Å². The molecule has 5 aliphatic rings. The summed E-state index contributed by atoms with van der Waals surface area (Å²) in [7, 11) is -7.84. The summed E-state index contributed by atoms with van der Waals surface area (Å²) >= 11 is 1.08. The van der Waals surface area contributed by atoms with Crippen LogP contribution in [0.15, 0.2) is 56.3 Å². The van der Waals surface area contributed by atoms with Gasteiger partial charge < -0.3 is 15.3 Å². The highest BCUT2D eigenvalue weighted by molar-refractivity contribution is 7.91. The van der Waals surface area contributed by atoms with Crippen molar-refractivity contribution in [3.63, 3.8) is 0 Å². The first-order chi connectivity index (χ1) is 18.4. The van der Waals surface area contributed by atoms with Crippen LogP contribution in [-0.2, 0) is 37.9 Å². The average Bonchev–Trinajstić information content (AvgIpc) is 3.30. The highest BCUT2D eigenvalue weighted by Gasteiger charge is 2.61. The van der Waals surface area contributed by atoms with Gasteiger partial charge in [0.2, 0.25) is 10.0 Å². The van der Waals surface area contributed by atoms with Crippen LogP contribution in [0.3, 0.4) is 0 Å². The molecule has 39 heavy (non-hydrogen) atoms. The molecule has 3 aliphatic carbocycles. The number of thiophene rings is 1. The van der Waals surface area contributed by atoms with E-state index in [-0.39, 0.29) is 56.9 Å². The maximum Gasteiger partial charge on any atom is 0.287 e. The molecule has 1 amide bonds. The van der Waals surface area contributed by atoms with E-state index in [1.807, 2.05) is 35.2 Å². The number of amides is 1. The van der Waals surface area contributed by atoms with Gasteiger partial charge in [-0.2, -0.15) is 8.42 Å². The van der Waals surface area contributed by atoms with E-state index >= 15 is 0 Å². The van der Waals surface area contributed by atoms with Crippen LogP contribution < -0.4 is 10.0 Å². The fourth-order valence-corrected chi connectivity index (χ4v) is 10.0. The zero-order chi connectivity index (χ0) is 27.7. The van der Waals surface area contributed by atoms with Crippen molar-refractivity contribution in [2.24, 2.45) is 22.2 Å². The lowest BCUT2D eigenvalue weighted by molar-refractivity contribution is -0.155. The number of anilines is 1. The maximum atomic E-state index is 14.2. The van der Waals surface area contributed by atoms with Gasteiger partial charge in [0, 0.05) is 24.6 Å². The van der Waals surface area contributed by atoms with Crippen LogP contribution in [0.5, 0.6) is 0 Å². The lowest BCUT2D eigenvalue weighted by Crippen LogP contribution is -2.67. The van der Waals surface area contributed by atoms with E-state index in [1.165, 1.54) is 0 Å². The Morgan fingerprint density at radius 1 is 1.21 bits per heavy atom. The van der Waals surface area contributed by atoms with E-state index in [0.717, 1.165) is 48.8 Å². The van der Waals surface area contributed by atoms with Gasteiger partial charge in [0.15, 0.2) is 5.84 Å². The molecule has 0 radical (unpaired) electrons. The number of nitrogens with zero attached hydrogens (tertiary/aromatic N) is 2. The second-order valence-electron chi connectivity index (χ2n) is 11.0. The fourth-order valence-electron chi connectivity index (χ4n) is 6.99. The number of sulfonamides is 2.